The normalized spacial score (nSPS) is 16.6. The molecule has 1 heterocycles. The van der Waals surface area contributed by atoms with Crippen LogP contribution in [-0.2, 0) is 27.2 Å². The lowest BCUT2D eigenvalue weighted by molar-refractivity contribution is -0.142. The van der Waals surface area contributed by atoms with Gasteiger partial charge >= 0.3 is 5.97 Å². The Kier molecular flexibility index (Phi) is 7.78. The molecule has 1 aliphatic rings. The van der Waals surface area contributed by atoms with Gasteiger partial charge in [-0.25, -0.2) is 4.79 Å². The molecule has 0 radical (unpaired) electrons. The Hall–Kier alpha value is -3.19. The van der Waals surface area contributed by atoms with Gasteiger partial charge in [0, 0.05) is 5.69 Å². The number of amides is 1. The highest BCUT2D eigenvalue weighted by atomic mass is 32.2. The number of rotatable bonds is 9. The van der Waals surface area contributed by atoms with E-state index in [0.29, 0.717) is 17.1 Å². The monoisotopic (exact) mass is 438 g/mol. The van der Waals surface area contributed by atoms with E-state index in [2.05, 4.69) is 41.0 Å². The topological polar surface area (TPSA) is 76.7 Å². The van der Waals surface area contributed by atoms with E-state index < -0.39 is 5.97 Å². The number of thioether (sulfide) groups is 1. The van der Waals surface area contributed by atoms with Crippen molar-refractivity contribution in [1.29, 1.82) is 0 Å². The average molecular weight is 439 g/mol. The van der Waals surface area contributed by atoms with Crippen LogP contribution in [0.1, 0.15) is 23.6 Å². The van der Waals surface area contributed by atoms with E-state index in [1.54, 1.807) is 12.1 Å². The lowest BCUT2D eigenvalue weighted by Crippen LogP contribution is -2.30. The molecule has 0 aliphatic carbocycles. The van der Waals surface area contributed by atoms with E-state index in [-0.39, 0.29) is 18.0 Å². The molecule has 6 nitrogen and oxygen atoms in total. The number of hydrogen-bond acceptors (Lipinski definition) is 6. The van der Waals surface area contributed by atoms with Gasteiger partial charge < -0.3 is 20.1 Å². The van der Waals surface area contributed by atoms with Crippen LogP contribution < -0.4 is 15.4 Å². The van der Waals surface area contributed by atoms with Crippen LogP contribution >= 0.6 is 11.8 Å². The fourth-order valence-corrected chi connectivity index (χ4v) is 4.03. The van der Waals surface area contributed by atoms with Crippen molar-refractivity contribution in [3.8, 4) is 5.75 Å². The van der Waals surface area contributed by atoms with Gasteiger partial charge in [-0.15, -0.1) is 6.58 Å². The van der Waals surface area contributed by atoms with Gasteiger partial charge in [0.15, 0.2) is 12.1 Å². The molecule has 2 aromatic carbocycles. The highest BCUT2D eigenvalue weighted by Gasteiger charge is 2.27. The van der Waals surface area contributed by atoms with Gasteiger partial charge in [0.25, 0.3) is 5.91 Å². The molecule has 0 saturated carbocycles. The average Bonchev–Trinajstić information content (AvgIpc) is 3.12. The van der Waals surface area contributed by atoms with E-state index in [9.17, 15) is 9.59 Å². The number of carbonyl (C=O) groups is 2. The number of methoxy groups -OCH3 is 1. The molecule has 0 aromatic heterocycles. The van der Waals surface area contributed by atoms with Gasteiger partial charge in [0.2, 0.25) is 0 Å². The molecule has 31 heavy (non-hydrogen) atoms. The highest BCUT2D eigenvalue weighted by molar-refractivity contribution is 8.05. The molecule has 1 saturated heterocycles. The summed E-state index contributed by atoms with van der Waals surface area (Å²) in [5.74, 6) is 0.0210. The fourth-order valence-electron chi connectivity index (χ4n) is 3.05. The first-order chi connectivity index (χ1) is 15.0. The number of anilines is 1. The fraction of sp³-hybridized carbons (Fsp3) is 0.250. The summed E-state index contributed by atoms with van der Waals surface area (Å²) in [5, 5.41) is 6.27. The second kappa shape index (κ2) is 10.7. The Morgan fingerprint density at radius 2 is 2.03 bits per heavy atom. The highest BCUT2D eigenvalue weighted by Crippen LogP contribution is 2.31. The second-order valence-corrected chi connectivity index (χ2v) is 8.05. The van der Waals surface area contributed by atoms with Gasteiger partial charge in [-0.1, -0.05) is 43.0 Å². The Morgan fingerprint density at radius 1 is 1.26 bits per heavy atom. The molecule has 1 amide bonds. The van der Waals surface area contributed by atoms with Gasteiger partial charge in [-0.05, 0) is 59.9 Å². The maximum Gasteiger partial charge on any atom is 0.343 e. The smallest absolute Gasteiger partial charge is 0.343 e. The Bertz CT molecular complexity index is 986. The summed E-state index contributed by atoms with van der Waals surface area (Å²) in [4.78, 5) is 24.4. The van der Waals surface area contributed by atoms with Crippen LogP contribution in [0.4, 0.5) is 5.69 Å². The van der Waals surface area contributed by atoms with Gasteiger partial charge in [0.05, 0.1) is 12.0 Å². The standard InChI is InChI=1S/C24H26N2O4S/c1-4-6-18-13-17(9-12-20(18)30-15-22(27)29-3)14-21-23(28)26-24(31-21)25-19-10-7-16(5-2)8-11-19/h4,7-14,24-25H,1,5-6,15H2,2-3H3,(H,26,28)/b21-14-/t24-/m1/s1. The van der Waals surface area contributed by atoms with Crippen molar-refractivity contribution in [2.24, 2.45) is 0 Å². The van der Waals surface area contributed by atoms with Crippen molar-refractivity contribution in [3.05, 3.63) is 76.7 Å². The first-order valence-electron chi connectivity index (χ1n) is 10.0. The molecule has 7 heteroatoms. The minimum absolute atomic E-state index is 0.121. The number of nitrogens with one attached hydrogen (secondary N) is 2. The van der Waals surface area contributed by atoms with E-state index in [0.717, 1.165) is 23.2 Å². The molecule has 0 spiro atoms. The summed E-state index contributed by atoms with van der Waals surface area (Å²) in [6.45, 7) is 5.73. The zero-order valence-corrected chi connectivity index (χ0v) is 18.5. The summed E-state index contributed by atoms with van der Waals surface area (Å²) in [7, 11) is 1.32. The Labute approximate surface area is 186 Å². The van der Waals surface area contributed by atoms with Crippen molar-refractivity contribution in [2.75, 3.05) is 19.0 Å². The van der Waals surface area contributed by atoms with Gasteiger partial charge in [-0.3, -0.25) is 4.79 Å². The predicted octanol–water partition coefficient (Wildman–Crippen LogP) is 4.13. The van der Waals surface area contributed by atoms with E-state index >= 15 is 0 Å². The Morgan fingerprint density at radius 3 is 2.71 bits per heavy atom. The first-order valence-corrected chi connectivity index (χ1v) is 10.9. The van der Waals surface area contributed by atoms with Crippen molar-refractivity contribution >= 4 is 35.4 Å². The van der Waals surface area contributed by atoms with E-state index in [1.165, 1.54) is 24.4 Å². The molecular weight excluding hydrogens is 412 g/mol. The van der Waals surface area contributed by atoms with Gasteiger partial charge in [0.1, 0.15) is 5.75 Å². The minimum atomic E-state index is -0.447. The molecule has 2 N–H and O–H groups in total. The summed E-state index contributed by atoms with van der Waals surface area (Å²) >= 11 is 1.44. The van der Waals surface area contributed by atoms with Crippen LogP contribution in [0.15, 0.2) is 60.0 Å². The lowest BCUT2D eigenvalue weighted by atomic mass is 10.1. The molecular formula is C24H26N2O4S. The number of carbonyl (C=O) groups excluding carboxylic acids is 2. The third-order valence-corrected chi connectivity index (χ3v) is 5.74. The number of benzene rings is 2. The SMILES string of the molecule is C=CCc1cc(/C=C2\S[C@H](Nc3ccc(CC)cc3)NC2=O)ccc1OCC(=O)OC. The summed E-state index contributed by atoms with van der Waals surface area (Å²) in [6.07, 6.45) is 5.17. The number of allylic oxidation sites excluding steroid dienone is 1. The van der Waals surface area contributed by atoms with Crippen LogP contribution in [-0.4, -0.2) is 31.1 Å². The third-order valence-electron chi connectivity index (χ3n) is 4.71. The van der Waals surface area contributed by atoms with Crippen molar-refractivity contribution < 1.29 is 19.1 Å². The largest absolute Gasteiger partial charge is 0.482 e. The molecule has 162 valence electrons. The number of ether oxygens (including phenoxy) is 2. The molecule has 1 fully saturated rings. The number of esters is 1. The maximum absolute atomic E-state index is 12.4. The van der Waals surface area contributed by atoms with Crippen molar-refractivity contribution in [2.45, 2.75) is 25.3 Å². The summed E-state index contributed by atoms with van der Waals surface area (Å²) in [5.41, 5.74) is 3.73. The van der Waals surface area contributed by atoms with Crippen molar-refractivity contribution in [1.82, 2.24) is 5.32 Å². The molecule has 2 aromatic rings. The molecule has 0 bridgehead atoms. The number of aryl methyl sites for hydroxylation is 1. The Balaban J connectivity index is 1.70. The molecule has 3 rings (SSSR count). The lowest BCUT2D eigenvalue weighted by Gasteiger charge is -2.13. The summed E-state index contributed by atoms with van der Waals surface area (Å²) in [6, 6.07) is 13.8. The first kappa shape index (κ1) is 22.5. The van der Waals surface area contributed by atoms with E-state index in [1.807, 2.05) is 30.3 Å². The second-order valence-electron chi connectivity index (χ2n) is 6.90. The van der Waals surface area contributed by atoms with Crippen LogP contribution in [0.2, 0.25) is 0 Å². The van der Waals surface area contributed by atoms with Crippen molar-refractivity contribution in [3.63, 3.8) is 0 Å². The van der Waals surface area contributed by atoms with Crippen LogP contribution in [0.5, 0.6) is 5.75 Å². The zero-order chi connectivity index (χ0) is 22.2. The molecule has 1 aliphatic heterocycles. The molecule has 1 atom stereocenters. The zero-order valence-electron chi connectivity index (χ0n) is 17.6. The summed E-state index contributed by atoms with van der Waals surface area (Å²) < 4.78 is 10.2. The van der Waals surface area contributed by atoms with Gasteiger partial charge in [-0.2, -0.15) is 0 Å². The number of hydrogen-bond donors (Lipinski definition) is 2. The quantitative estimate of drug-likeness (QED) is 0.348. The third kappa shape index (κ3) is 6.15. The van der Waals surface area contributed by atoms with Crippen LogP contribution in [0.3, 0.4) is 0 Å². The van der Waals surface area contributed by atoms with Crippen LogP contribution in [0.25, 0.3) is 6.08 Å². The maximum atomic E-state index is 12.4. The molecule has 0 unspecified atom stereocenters. The minimum Gasteiger partial charge on any atom is -0.482 e. The predicted molar refractivity (Wildman–Crippen MR) is 125 cm³/mol. The van der Waals surface area contributed by atoms with Crippen LogP contribution in [0, 0.1) is 0 Å². The van der Waals surface area contributed by atoms with E-state index in [4.69, 9.17) is 4.74 Å².